The minimum Gasteiger partial charge on any atom is -0.477 e. The van der Waals surface area contributed by atoms with Gasteiger partial charge in [0.2, 0.25) is 0 Å². The van der Waals surface area contributed by atoms with E-state index < -0.39 is 5.97 Å². The summed E-state index contributed by atoms with van der Waals surface area (Å²) in [5.41, 5.74) is 1.21. The fourth-order valence-corrected chi connectivity index (χ4v) is 2.39. The smallest absolute Gasteiger partial charge is 0.354 e. The molecular weight excluding hydrogens is 404 g/mol. The number of carboxylic acids is 1. The first-order chi connectivity index (χ1) is 9.97. The number of amides is 1. The number of rotatable bonds is 4. The highest BCUT2D eigenvalue weighted by Crippen LogP contribution is 2.21. The Morgan fingerprint density at radius 1 is 1.19 bits per heavy atom. The molecule has 2 aromatic rings. The van der Waals surface area contributed by atoms with Gasteiger partial charge in [-0.2, -0.15) is 0 Å². The van der Waals surface area contributed by atoms with Crippen molar-refractivity contribution >= 4 is 43.7 Å². The van der Waals surface area contributed by atoms with Crippen molar-refractivity contribution in [2.24, 2.45) is 0 Å². The van der Waals surface area contributed by atoms with Gasteiger partial charge in [0.25, 0.3) is 5.91 Å². The Labute approximate surface area is 137 Å². The van der Waals surface area contributed by atoms with Crippen LogP contribution in [0.3, 0.4) is 0 Å². The van der Waals surface area contributed by atoms with E-state index in [4.69, 9.17) is 5.11 Å². The quantitative estimate of drug-likeness (QED) is 0.806. The minimum atomic E-state index is -1.08. The van der Waals surface area contributed by atoms with Crippen molar-refractivity contribution in [3.8, 4) is 0 Å². The van der Waals surface area contributed by atoms with Crippen LogP contribution >= 0.6 is 31.9 Å². The van der Waals surface area contributed by atoms with E-state index in [1.54, 1.807) is 18.2 Å². The lowest BCUT2D eigenvalue weighted by atomic mass is 10.2. The summed E-state index contributed by atoms with van der Waals surface area (Å²) in [7, 11) is 0. The van der Waals surface area contributed by atoms with Gasteiger partial charge in [-0.15, -0.1) is 0 Å². The normalized spacial score (nSPS) is 10.2. The van der Waals surface area contributed by atoms with Crippen molar-refractivity contribution < 1.29 is 14.7 Å². The lowest BCUT2D eigenvalue weighted by Crippen LogP contribution is -2.23. The summed E-state index contributed by atoms with van der Waals surface area (Å²) in [6.07, 6.45) is 1.43. The Kier molecular flexibility index (Phi) is 5.08. The van der Waals surface area contributed by atoms with E-state index in [2.05, 4.69) is 42.2 Å². The fourth-order valence-electron chi connectivity index (χ4n) is 1.60. The van der Waals surface area contributed by atoms with Crippen LogP contribution in [0.4, 0.5) is 0 Å². The van der Waals surface area contributed by atoms with Gasteiger partial charge in [-0.3, -0.25) is 4.79 Å². The molecule has 0 aliphatic rings. The third-order valence-corrected chi connectivity index (χ3v) is 3.85. The minimum absolute atomic E-state index is 0.0280. The maximum atomic E-state index is 12.1. The zero-order chi connectivity index (χ0) is 15.4. The van der Waals surface area contributed by atoms with Crippen LogP contribution in [-0.4, -0.2) is 22.0 Å². The summed E-state index contributed by atoms with van der Waals surface area (Å²) < 4.78 is 1.51. The van der Waals surface area contributed by atoms with Crippen LogP contribution in [0, 0.1) is 0 Å². The molecule has 108 valence electrons. The van der Waals surface area contributed by atoms with E-state index in [0.717, 1.165) is 10.0 Å². The Bertz CT molecular complexity index is 687. The first-order valence-electron chi connectivity index (χ1n) is 5.89. The maximum absolute atomic E-state index is 12.1. The number of carboxylic acid groups (broad SMARTS) is 1. The predicted octanol–water partition coefficient (Wildman–Crippen LogP) is 3.23. The number of benzene rings is 1. The highest BCUT2D eigenvalue weighted by atomic mass is 79.9. The van der Waals surface area contributed by atoms with Crippen molar-refractivity contribution in [2.45, 2.75) is 6.54 Å². The molecule has 1 aromatic carbocycles. The van der Waals surface area contributed by atoms with Gasteiger partial charge in [0.1, 0.15) is 5.69 Å². The second-order valence-corrected chi connectivity index (χ2v) is 5.93. The van der Waals surface area contributed by atoms with E-state index >= 15 is 0 Å². The Morgan fingerprint density at radius 2 is 1.95 bits per heavy atom. The van der Waals surface area contributed by atoms with Crippen LogP contribution in [0.25, 0.3) is 0 Å². The number of pyridine rings is 1. The van der Waals surface area contributed by atoms with Crippen LogP contribution in [0.15, 0.2) is 45.5 Å². The largest absolute Gasteiger partial charge is 0.477 e. The van der Waals surface area contributed by atoms with Crippen LogP contribution < -0.4 is 5.32 Å². The molecule has 0 radical (unpaired) electrons. The fraction of sp³-hybridized carbons (Fsp3) is 0.0714. The average Bonchev–Trinajstić information content (AvgIpc) is 2.47. The van der Waals surface area contributed by atoms with Crippen LogP contribution in [0.1, 0.15) is 26.4 Å². The highest BCUT2D eigenvalue weighted by molar-refractivity contribution is 9.11. The number of hydrogen-bond donors (Lipinski definition) is 2. The molecule has 0 saturated carbocycles. The van der Waals surface area contributed by atoms with Crippen LogP contribution in [-0.2, 0) is 6.54 Å². The molecule has 1 aromatic heterocycles. The number of nitrogens with zero attached hydrogens (tertiary/aromatic N) is 1. The number of aromatic nitrogens is 1. The zero-order valence-corrected chi connectivity index (χ0v) is 13.8. The van der Waals surface area contributed by atoms with E-state index in [0.29, 0.717) is 10.0 Å². The van der Waals surface area contributed by atoms with Gasteiger partial charge in [0.05, 0.1) is 5.56 Å². The number of carbonyl (C=O) groups excluding carboxylic acids is 1. The van der Waals surface area contributed by atoms with Crippen LogP contribution in [0.5, 0.6) is 0 Å². The Morgan fingerprint density at radius 3 is 2.57 bits per heavy atom. The number of nitrogens with one attached hydrogen (secondary N) is 1. The SMILES string of the molecule is O=C(O)c1ccc(CNC(=O)c2cc(Br)ccc2Br)cn1. The summed E-state index contributed by atoms with van der Waals surface area (Å²) in [4.78, 5) is 26.6. The molecule has 0 aliphatic heterocycles. The predicted molar refractivity (Wildman–Crippen MR) is 84.2 cm³/mol. The Balaban J connectivity index is 2.04. The van der Waals surface area contributed by atoms with Gasteiger partial charge < -0.3 is 10.4 Å². The number of aromatic carboxylic acids is 1. The molecule has 2 rings (SSSR count). The molecule has 0 bridgehead atoms. The maximum Gasteiger partial charge on any atom is 0.354 e. The molecule has 1 amide bonds. The second kappa shape index (κ2) is 6.82. The van der Waals surface area contributed by atoms with Gasteiger partial charge in [-0.25, -0.2) is 9.78 Å². The molecule has 0 atom stereocenters. The number of carbonyl (C=O) groups is 2. The van der Waals surface area contributed by atoms with E-state index in [1.807, 2.05) is 6.07 Å². The van der Waals surface area contributed by atoms with Crippen LogP contribution in [0.2, 0.25) is 0 Å². The molecule has 0 fully saturated rings. The van der Waals surface area contributed by atoms with Gasteiger partial charge in [0.15, 0.2) is 0 Å². The lowest BCUT2D eigenvalue weighted by Gasteiger charge is -2.07. The lowest BCUT2D eigenvalue weighted by molar-refractivity contribution is 0.0690. The summed E-state index contributed by atoms with van der Waals surface area (Å²) >= 11 is 6.64. The third-order valence-electron chi connectivity index (χ3n) is 2.67. The van der Waals surface area contributed by atoms with Gasteiger partial charge in [0, 0.05) is 21.7 Å². The molecular formula is C14H10Br2N2O3. The van der Waals surface area contributed by atoms with Gasteiger partial charge in [-0.05, 0) is 45.8 Å². The molecule has 0 spiro atoms. The summed E-state index contributed by atoms with van der Waals surface area (Å²) in [6, 6.07) is 8.34. The molecule has 7 heteroatoms. The molecule has 21 heavy (non-hydrogen) atoms. The topological polar surface area (TPSA) is 79.3 Å². The number of hydrogen-bond acceptors (Lipinski definition) is 3. The standard InChI is InChI=1S/C14H10Br2N2O3/c15-9-2-3-11(16)10(5-9)13(19)18-7-8-1-4-12(14(20)21)17-6-8/h1-6H,7H2,(H,18,19)(H,20,21). The third kappa shape index (κ3) is 4.12. The van der Waals surface area contributed by atoms with Gasteiger partial charge >= 0.3 is 5.97 Å². The highest BCUT2D eigenvalue weighted by Gasteiger charge is 2.10. The van der Waals surface area contributed by atoms with Crippen molar-refractivity contribution in [1.29, 1.82) is 0 Å². The van der Waals surface area contributed by atoms with E-state index in [1.165, 1.54) is 12.3 Å². The van der Waals surface area contributed by atoms with Crippen molar-refractivity contribution in [1.82, 2.24) is 10.3 Å². The first kappa shape index (κ1) is 15.7. The van der Waals surface area contributed by atoms with Gasteiger partial charge in [-0.1, -0.05) is 22.0 Å². The molecule has 5 nitrogen and oxygen atoms in total. The van der Waals surface area contributed by atoms with E-state index in [-0.39, 0.29) is 18.1 Å². The van der Waals surface area contributed by atoms with Crippen molar-refractivity contribution in [2.75, 3.05) is 0 Å². The summed E-state index contributed by atoms with van der Waals surface area (Å²) in [5, 5.41) is 11.5. The molecule has 0 unspecified atom stereocenters. The summed E-state index contributed by atoms with van der Waals surface area (Å²) in [6.45, 7) is 0.269. The Hall–Kier alpha value is -1.73. The summed E-state index contributed by atoms with van der Waals surface area (Å²) in [5.74, 6) is -1.31. The number of halogens is 2. The first-order valence-corrected chi connectivity index (χ1v) is 7.47. The molecule has 0 aliphatic carbocycles. The monoisotopic (exact) mass is 412 g/mol. The molecule has 2 N–H and O–H groups in total. The van der Waals surface area contributed by atoms with E-state index in [9.17, 15) is 9.59 Å². The average molecular weight is 414 g/mol. The molecule has 1 heterocycles. The van der Waals surface area contributed by atoms with Crippen molar-refractivity contribution in [3.63, 3.8) is 0 Å². The second-order valence-electron chi connectivity index (χ2n) is 4.16. The zero-order valence-electron chi connectivity index (χ0n) is 10.6. The molecule has 0 saturated heterocycles. The van der Waals surface area contributed by atoms with Crippen molar-refractivity contribution in [3.05, 3.63) is 62.3 Å².